The number of ketones is 1. The highest BCUT2D eigenvalue weighted by Crippen LogP contribution is 2.17. The molecule has 0 unspecified atom stereocenters. The fourth-order valence-electron chi connectivity index (χ4n) is 3.12. The number of carbonyl (C=O) groups is 2. The largest absolute Gasteiger partial charge is 0.312 e. The maximum atomic E-state index is 12.5. The van der Waals surface area contributed by atoms with E-state index >= 15 is 0 Å². The highest BCUT2D eigenvalue weighted by atomic mass is 16.2. The number of nitrogens with zero attached hydrogens (tertiary/aromatic N) is 4. The molecule has 4 aromatic rings. The van der Waals surface area contributed by atoms with Crippen LogP contribution in [0.5, 0.6) is 0 Å². The number of hydrogen-bond acceptors (Lipinski definition) is 4. The van der Waals surface area contributed by atoms with Crippen molar-refractivity contribution in [2.45, 2.75) is 20.0 Å². The molecule has 0 aliphatic heterocycles. The van der Waals surface area contributed by atoms with Crippen molar-refractivity contribution in [3.8, 4) is 0 Å². The van der Waals surface area contributed by atoms with E-state index in [-0.39, 0.29) is 24.1 Å². The number of Topliss-reactive ketones (excluding diaryl/α,β-unsaturated/α-hetero) is 1. The second-order valence-electron chi connectivity index (χ2n) is 6.50. The Morgan fingerprint density at radius 2 is 1.75 bits per heavy atom. The van der Waals surface area contributed by atoms with Crippen molar-refractivity contribution >= 4 is 28.5 Å². The third kappa shape index (κ3) is 3.68. The van der Waals surface area contributed by atoms with Crippen molar-refractivity contribution in [2.24, 2.45) is 0 Å². The number of fused-ring (bicyclic) bond motifs is 1. The summed E-state index contributed by atoms with van der Waals surface area (Å²) in [6.07, 6.45) is 1.82. The van der Waals surface area contributed by atoms with Crippen LogP contribution in [-0.2, 0) is 17.9 Å². The van der Waals surface area contributed by atoms with E-state index in [0.29, 0.717) is 17.9 Å². The molecular weight excluding hydrogens is 354 g/mol. The molecule has 0 aliphatic rings. The summed E-state index contributed by atoms with van der Waals surface area (Å²) in [5, 5.41) is 7.17. The van der Waals surface area contributed by atoms with Crippen LogP contribution < -0.4 is 5.32 Å². The molecule has 2 aromatic heterocycles. The Morgan fingerprint density at radius 1 is 1.00 bits per heavy atom. The van der Waals surface area contributed by atoms with Gasteiger partial charge in [-0.25, -0.2) is 4.98 Å². The van der Waals surface area contributed by atoms with Crippen LogP contribution in [0.25, 0.3) is 11.0 Å². The lowest BCUT2D eigenvalue weighted by Gasteiger charge is -2.07. The maximum Gasteiger partial charge on any atom is 0.245 e. The van der Waals surface area contributed by atoms with Crippen LogP contribution in [-0.4, -0.2) is 31.0 Å². The Balaban J connectivity index is 1.49. The second-order valence-corrected chi connectivity index (χ2v) is 6.50. The Labute approximate surface area is 161 Å². The van der Waals surface area contributed by atoms with Crippen LogP contribution in [0.3, 0.4) is 0 Å². The summed E-state index contributed by atoms with van der Waals surface area (Å²) in [6, 6.07) is 19.1. The molecule has 0 aliphatic carbocycles. The topological polar surface area (TPSA) is 81.8 Å². The first-order chi connectivity index (χ1) is 13.6. The molecule has 0 saturated heterocycles. The lowest BCUT2D eigenvalue weighted by atomic mass is 10.2. The number of amides is 1. The number of hydrogen-bond donors (Lipinski definition) is 1. The van der Waals surface area contributed by atoms with Gasteiger partial charge in [0.25, 0.3) is 0 Å². The third-order valence-electron chi connectivity index (χ3n) is 4.37. The van der Waals surface area contributed by atoms with Gasteiger partial charge in [-0.15, -0.1) is 0 Å². The number of imidazole rings is 1. The van der Waals surface area contributed by atoms with Gasteiger partial charge < -0.3 is 9.88 Å². The molecule has 4 rings (SSSR count). The Bertz CT molecular complexity index is 1140. The van der Waals surface area contributed by atoms with E-state index in [2.05, 4.69) is 15.4 Å². The van der Waals surface area contributed by atoms with E-state index < -0.39 is 0 Å². The first-order valence-corrected chi connectivity index (χ1v) is 8.93. The zero-order chi connectivity index (χ0) is 19.5. The molecule has 1 N–H and O–H groups in total. The Hall–Kier alpha value is -3.74. The quantitative estimate of drug-likeness (QED) is 0.527. The predicted octanol–water partition coefficient (Wildman–Crippen LogP) is 3.12. The fraction of sp³-hybridized carbons (Fsp3) is 0.143. The second kappa shape index (κ2) is 7.48. The minimum absolute atomic E-state index is 0.0129. The van der Waals surface area contributed by atoms with Gasteiger partial charge in [0.15, 0.2) is 17.4 Å². The van der Waals surface area contributed by atoms with Gasteiger partial charge in [0.2, 0.25) is 5.91 Å². The molecule has 1 amide bonds. The first-order valence-electron chi connectivity index (χ1n) is 8.93. The van der Waals surface area contributed by atoms with Crippen molar-refractivity contribution in [3.05, 3.63) is 78.2 Å². The van der Waals surface area contributed by atoms with Crippen molar-refractivity contribution in [1.29, 1.82) is 0 Å². The molecular formula is C21H19N5O2. The number of nitrogens with one attached hydrogen (secondary N) is 1. The summed E-state index contributed by atoms with van der Waals surface area (Å²) < 4.78 is 3.40. The summed E-state index contributed by atoms with van der Waals surface area (Å²) in [4.78, 5) is 28.8. The van der Waals surface area contributed by atoms with Crippen LogP contribution in [0, 0.1) is 0 Å². The number of rotatable bonds is 6. The van der Waals surface area contributed by atoms with Gasteiger partial charge in [0.05, 0.1) is 17.6 Å². The SMILES string of the molecule is CC(=O)c1nc2ccccc2n1CC(=O)Nc1ccn(Cc2ccccc2)n1. The number of carbonyl (C=O) groups excluding carboxylic acids is 2. The summed E-state index contributed by atoms with van der Waals surface area (Å²) >= 11 is 0. The van der Waals surface area contributed by atoms with Crippen LogP contribution >= 0.6 is 0 Å². The van der Waals surface area contributed by atoms with Crippen LogP contribution in [0.4, 0.5) is 5.82 Å². The molecule has 0 spiro atoms. The third-order valence-corrected chi connectivity index (χ3v) is 4.37. The fourth-order valence-corrected chi connectivity index (χ4v) is 3.12. The highest BCUT2D eigenvalue weighted by Gasteiger charge is 2.17. The monoisotopic (exact) mass is 373 g/mol. The van der Waals surface area contributed by atoms with Gasteiger partial charge in [-0.2, -0.15) is 5.10 Å². The van der Waals surface area contributed by atoms with Crippen LogP contribution in [0.1, 0.15) is 23.1 Å². The summed E-state index contributed by atoms with van der Waals surface area (Å²) in [5.74, 6) is 0.285. The number of benzene rings is 2. The van der Waals surface area contributed by atoms with Gasteiger partial charge in [-0.3, -0.25) is 14.3 Å². The molecule has 0 saturated carbocycles. The Kier molecular flexibility index (Phi) is 4.72. The van der Waals surface area contributed by atoms with Gasteiger partial charge in [-0.1, -0.05) is 42.5 Å². The smallest absolute Gasteiger partial charge is 0.245 e. The van der Waals surface area contributed by atoms with Gasteiger partial charge >= 0.3 is 0 Å². The van der Waals surface area contributed by atoms with Crippen molar-refractivity contribution in [2.75, 3.05) is 5.32 Å². The summed E-state index contributed by atoms with van der Waals surface area (Å²) in [6.45, 7) is 2.05. The van der Waals surface area contributed by atoms with Gasteiger partial charge in [0.1, 0.15) is 6.54 Å². The first kappa shape index (κ1) is 17.7. The molecule has 2 heterocycles. The predicted molar refractivity (Wildman–Crippen MR) is 106 cm³/mol. The van der Waals surface area contributed by atoms with E-state index in [0.717, 1.165) is 11.1 Å². The van der Waals surface area contributed by atoms with E-state index in [1.54, 1.807) is 15.3 Å². The lowest BCUT2D eigenvalue weighted by Crippen LogP contribution is -2.21. The van der Waals surface area contributed by atoms with E-state index in [4.69, 9.17) is 0 Å². The number of anilines is 1. The molecule has 0 atom stereocenters. The molecule has 0 radical (unpaired) electrons. The van der Waals surface area contributed by atoms with E-state index in [1.807, 2.05) is 60.8 Å². The Morgan fingerprint density at radius 3 is 2.54 bits per heavy atom. The lowest BCUT2D eigenvalue weighted by molar-refractivity contribution is -0.116. The summed E-state index contributed by atoms with van der Waals surface area (Å²) in [7, 11) is 0. The van der Waals surface area contributed by atoms with Gasteiger partial charge in [0, 0.05) is 19.2 Å². The van der Waals surface area contributed by atoms with E-state index in [1.165, 1.54) is 6.92 Å². The standard InChI is InChI=1S/C21H19N5O2/c1-15(27)21-22-17-9-5-6-10-18(17)26(21)14-20(28)23-19-11-12-25(24-19)13-16-7-3-2-4-8-16/h2-12H,13-14H2,1H3,(H,23,24,28). The molecule has 0 fully saturated rings. The summed E-state index contributed by atoms with van der Waals surface area (Å²) in [5.41, 5.74) is 2.56. The van der Waals surface area contributed by atoms with Crippen molar-refractivity contribution in [3.63, 3.8) is 0 Å². The zero-order valence-electron chi connectivity index (χ0n) is 15.4. The van der Waals surface area contributed by atoms with Gasteiger partial charge in [-0.05, 0) is 17.7 Å². The molecule has 7 heteroatoms. The maximum absolute atomic E-state index is 12.5. The van der Waals surface area contributed by atoms with Crippen molar-refractivity contribution < 1.29 is 9.59 Å². The van der Waals surface area contributed by atoms with Crippen LogP contribution in [0.15, 0.2) is 66.9 Å². The molecule has 2 aromatic carbocycles. The number of aromatic nitrogens is 4. The molecule has 28 heavy (non-hydrogen) atoms. The van der Waals surface area contributed by atoms with Crippen molar-refractivity contribution in [1.82, 2.24) is 19.3 Å². The molecule has 0 bridgehead atoms. The van der Waals surface area contributed by atoms with Crippen LogP contribution in [0.2, 0.25) is 0 Å². The minimum atomic E-state index is -0.268. The molecule has 7 nitrogen and oxygen atoms in total. The minimum Gasteiger partial charge on any atom is -0.312 e. The molecule has 140 valence electrons. The average Bonchev–Trinajstić information content (AvgIpc) is 3.27. The average molecular weight is 373 g/mol. The van der Waals surface area contributed by atoms with E-state index in [9.17, 15) is 9.59 Å². The normalized spacial score (nSPS) is 10.9. The highest BCUT2D eigenvalue weighted by molar-refractivity contribution is 5.97. The number of para-hydroxylation sites is 2. The zero-order valence-corrected chi connectivity index (χ0v) is 15.4.